The van der Waals surface area contributed by atoms with Gasteiger partial charge >= 0.3 is 13.8 Å². The normalized spacial score (nSPS) is 13.3. The van der Waals surface area contributed by atoms with Gasteiger partial charge in [0.05, 0.1) is 19.8 Å². The summed E-state index contributed by atoms with van der Waals surface area (Å²) in [5.74, 6) is -0.326. The zero-order valence-electron chi connectivity index (χ0n) is 36.0. The molecule has 2 unspecified atom stereocenters. The first-order chi connectivity index (χ1) is 26.4. The lowest BCUT2D eigenvalue weighted by Gasteiger charge is -2.20. The number of nitrogens with two attached hydrogens (primary N) is 1. The van der Waals surface area contributed by atoms with E-state index in [-0.39, 0.29) is 32.3 Å². The molecule has 0 saturated carbocycles. The molecule has 0 amide bonds. The first-order valence-corrected chi connectivity index (χ1v) is 25.0. The summed E-state index contributed by atoms with van der Waals surface area (Å²) in [6.45, 7) is 4.97. The van der Waals surface area contributed by atoms with E-state index in [4.69, 9.17) is 24.3 Å². The Balaban J connectivity index is 3.78. The molecule has 0 bridgehead atoms. The van der Waals surface area contributed by atoms with Crippen LogP contribution in [0.15, 0.2) is 0 Å². The molecule has 0 aromatic heterocycles. The van der Waals surface area contributed by atoms with E-state index in [1.165, 1.54) is 193 Å². The highest BCUT2D eigenvalue weighted by Gasteiger charge is 2.25. The van der Waals surface area contributed by atoms with E-state index in [0.29, 0.717) is 13.0 Å². The van der Waals surface area contributed by atoms with Crippen LogP contribution in [0, 0.1) is 0 Å². The predicted octanol–water partition coefficient (Wildman–Crippen LogP) is 14.1. The van der Waals surface area contributed by atoms with Crippen LogP contribution >= 0.6 is 7.82 Å². The van der Waals surface area contributed by atoms with Crippen molar-refractivity contribution in [1.82, 2.24) is 0 Å². The largest absolute Gasteiger partial charge is 0.472 e. The number of phosphoric acid groups is 1. The summed E-state index contributed by atoms with van der Waals surface area (Å²) < 4.78 is 33.4. The molecule has 9 heteroatoms. The molecule has 0 aromatic carbocycles. The van der Waals surface area contributed by atoms with Crippen LogP contribution in [0.3, 0.4) is 0 Å². The van der Waals surface area contributed by atoms with Gasteiger partial charge in [0.1, 0.15) is 6.10 Å². The van der Waals surface area contributed by atoms with E-state index in [0.717, 1.165) is 32.1 Å². The van der Waals surface area contributed by atoms with Crippen molar-refractivity contribution in [2.24, 2.45) is 5.73 Å². The van der Waals surface area contributed by atoms with Crippen molar-refractivity contribution in [3.05, 3.63) is 0 Å². The highest BCUT2D eigenvalue weighted by Crippen LogP contribution is 2.43. The average molecular weight is 790 g/mol. The quantitative estimate of drug-likeness (QED) is 0.0356. The molecule has 0 aliphatic heterocycles. The molecule has 2 atom stereocenters. The second-order valence-electron chi connectivity index (χ2n) is 16.0. The van der Waals surface area contributed by atoms with E-state index < -0.39 is 13.9 Å². The standard InChI is InChI=1S/C45H92NO7P/c1-3-5-7-9-11-13-15-16-17-18-19-20-21-22-23-24-25-26-27-28-29-31-33-35-37-40-50-42-44(43-52-54(48,49)51-41-39-46)53-45(47)38-36-34-32-30-14-12-10-8-6-4-2/h44H,3-43,46H2,1-2H3,(H,48,49). The third-order valence-corrected chi connectivity index (χ3v) is 11.5. The lowest BCUT2D eigenvalue weighted by molar-refractivity contribution is -0.154. The van der Waals surface area contributed by atoms with Crippen LogP contribution in [-0.4, -0.2) is 49.9 Å². The van der Waals surface area contributed by atoms with Gasteiger partial charge in [-0.3, -0.25) is 13.8 Å². The number of rotatable bonds is 46. The van der Waals surface area contributed by atoms with Crippen molar-refractivity contribution in [2.45, 2.75) is 251 Å². The molecule has 0 radical (unpaired) electrons. The minimum Gasteiger partial charge on any atom is -0.457 e. The molecule has 324 valence electrons. The molecule has 0 aliphatic rings. The molecular formula is C45H92NO7P. The van der Waals surface area contributed by atoms with Gasteiger partial charge in [-0.25, -0.2) is 4.57 Å². The molecule has 0 saturated heterocycles. The van der Waals surface area contributed by atoms with Crippen molar-refractivity contribution in [3.8, 4) is 0 Å². The van der Waals surface area contributed by atoms with E-state index in [9.17, 15) is 14.3 Å². The zero-order valence-corrected chi connectivity index (χ0v) is 36.9. The summed E-state index contributed by atoms with van der Waals surface area (Å²) in [5.41, 5.74) is 5.37. The molecule has 8 nitrogen and oxygen atoms in total. The number of carbonyl (C=O) groups excluding carboxylic acids is 1. The average Bonchev–Trinajstić information content (AvgIpc) is 3.16. The summed E-state index contributed by atoms with van der Waals surface area (Å²) >= 11 is 0. The summed E-state index contributed by atoms with van der Waals surface area (Å²) in [5, 5.41) is 0. The maximum absolute atomic E-state index is 12.5. The third-order valence-electron chi connectivity index (χ3n) is 10.5. The molecule has 0 fully saturated rings. The molecule has 54 heavy (non-hydrogen) atoms. The topological polar surface area (TPSA) is 117 Å². The molecule has 0 aliphatic carbocycles. The Morgan fingerprint density at radius 3 is 1.17 bits per heavy atom. The van der Waals surface area contributed by atoms with Gasteiger partial charge in [-0.15, -0.1) is 0 Å². The molecule has 0 heterocycles. The molecule has 0 rings (SSSR count). The Morgan fingerprint density at radius 2 is 0.815 bits per heavy atom. The van der Waals surface area contributed by atoms with Gasteiger partial charge in [0, 0.05) is 19.6 Å². The fourth-order valence-electron chi connectivity index (χ4n) is 7.06. The van der Waals surface area contributed by atoms with Crippen molar-refractivity contribution < 1.29 is 32.8 Å². The van der Waals surface area contributed by atoms with E-state index in [1.807, 2.05) is 0 Å². The number of hydrogen-bond donors (Lipinski definition) is 2. The maximum atomic E-state index is 12.5. The van der Waals surface area contributed by atoms with Crippen LogP contribution in [0.25, 0.3) is 0 Å². The van der Waals surface area contributed by atoms with Gasteiger partial charge in [-0.2, -0.15) is 0 Å². The fourth-order valence-corrected chi connectivity index (χ4v) is 7.82. The molecule has 0 spiro atoms. The van der Waals surface area contributed by atoms with Gasteiger partial charge in [0.2, 0.25) is 0 Å². The lowest BCUT2D eigenvalue weighted by atomic mass is 10.0. The van der Waals surface area contributed by atoms with Gasteiger partial charge < -0.3 is 20.1 Å². The lowest BCUT2D eigenvalue weighted by Crippen LogP contribution is -2.28. The molecule has 0 aromatic rings. The first kappa shape index (κ1) is 53.5. The summed E-state index contributed by atoms with van der Waals surface area (Å²) in [6.07, 6.45) is 45.7. The van der Waals surface area contributed by atoms with Crippen LogP contribution in [0.1, 0.15) is 245 Å². The van der Waals surface area contributed by atoms with Gasteiger partial charge in [-0.1, -0.05) is 226 Å². The monoisotopic (exact) mass is 790 g/mol. The van der Waals surface area contributed by atoms with Gasteiger partial charge in [0.25, 0.3) is 0 Å². The van der Waals surface area contributed by atoms with Crippen molar-refractivity contribution in [2.75, 3.05) is 33.0 Å². The van der Waals surface area contributed by atoms with Crippen LogP contribution in [0.4, 0.5) is 0 Å². The van der Waals surface area contributed by atoms with Crippen molar-refractivity contribution >= 4 is 13.8 Å². The minimum absolute atomic E-state index is 0.0902. The summed E-state index contributed by atoms with van der Waals surface area (Å²) in [4.78, 5) is 22.4. The minimum atomic E-state index is -4.27. The number of esters is 1. The zero-order chi connectivity index (χ0) is 39.5. The van der Waals surface area contributed by atoms with E-state index >= 15 is 0 Å². The number of ether oxygens (including phenoxy) is 2. The second-order valence-corrected chi connectivity index (χ2v) is 17.4. The summed E-state index contributed by atoms with van der Waals surface area (Å²) in [7, 11) is -4.27. The van der Waals surface area contributed by atoms with Crippen LogP contribution < -0.4 is 5.73 Å². The number of unbranched alkanes of at least 4 members (excludes halogenated alkanes) is 33. The Labute approximate surface area is 335 Å². The Bertz CT molecular complexity index is 802. The van der Waals surface area contributed by atoms with Crippen LogP contribution in [-0.2, 0) is 27.9 Å². The predicted molar refractivity (Wildman–Crippen MR) is 229 cm³/mol. The Kier molecular flexibility index (Phi) is 43.2. The second kappa shape index (κ2) is 43.6. The Hall–Kier alpha value is -0.500. The van der Waals surface area contributed by atoms with Crippen LogP contribution in [0.5, 0.6) is 0 Å². The number of hydrogen-bond acceptors (Lipinski definition) is 7. The van der Waals surface area contributed by atoms with Crippen molar-refractivity contribution in [1.29, 1.82) is 0 Å². The first-order valence-electron chi connectivity index (χ1n) is 23.5. The fraction of sp³-hybridized carbons (Fsp3) is 0.978. The Morgan fingerprint density at radius 1 is 0.481 bits per heavy atom. The van der Waals surface area contributed by atoms with Crippen molar-refractivity contribution in [3.63, 3.8) is 0 Å². The van der Waals surface area contributed by atoms with E-state index in [1.54, 1.807) is 0 Å². The third kappa shape index (κ3) is 42.6. The molecule has 3 N–H and O–H groups in total. The maximum Gasteiger partial charge on any atom is 0.472 e. The van der Waals surface area contributed by atoms with Crippen LogP contribution in [0.2, 0.25) is 0 Å². The molecular weight excluding hydrogens is 697 g/mol. The SMILES string of the molecule is CCCCCCCCCCCCCCCCCCCCCCCCCCCOCC(COP(=O)(O)OCCN)OC(=O)CCCCCCCCCCCC. The summed E-state index contributed by atoms with van der Waals surface area (Å²) in [6, 6.07) is 0. The highest BCUT2D eigenvalue weighted by molar-refractivity contribution is 7.47. The number of phosphoric ester groups is 1. The highest BCUT2D eigenvalue weighted by atomic mass is 31.2. The number of carbonyl (C=O) groups is 1. The smallest absolute Gasteiger partial charge is 0.457 e. The van der Waals surface area contributed by atoms with Gasteiger partial charge in [0.15, 0.2) is 0 Å². The van der Waals surface area contributed by atoms with E-state index in [2.05, 4.69) is 13.8 Å². The van der Waals surface area contributed by atoms with Gasteiger partial charge in [-0.05, 0) is 12.8 Å².